The van der Waals surface area contributed by atoms with E-state index in [2.05, 4.69) is 202 Å². The maximum atomic E-state index is 5.31. The molecule has 0 aliphatic heterocycles. The second kappa shape index (κ2) is 12.2. The Morgan fingerprint density at radius 2 is 0.864 bits per heavy atom. The standard InChI is InChI=1S/C54H33N5/c1-2-16-35(17-3-1)53-39-21-6-10-24-43(39)55-54(56-53)59-45-25-11-7-20-38(45)42-33-36(29-30-48(42)59)57-46-26-12-8-22-40(46)51-49(57)31-32-50-52(51)41-23-9-13-27-47(41)58(50)44-28-14-18-34-15-4-5-19-37(34)44/h1-33H. The van der Waals surface area contributed by atoms with Gasteiger partial charge in [0.05, 0.1) is 50.0 Å². The van der Waals surface area contributed by atoms with Crippen molar-refractivity contribution >= 4 is 87.1 Å². The van der Waals surface area contributed by atoms with Crippen LogP contribution in [-0.4, -0.2) is 23.7 Å². The number of hydrogen-bond donors (Lipinski definition) is 0. The van der Waals surface area contributed by atoms with E-state index in [4.69, 9.17) is 9.97 Å². The summed E-state index contributed by atoms with van der Waals surface area (Å²) in [5.41, 5.74) is 12.1. The van der Waals surface area contributed by atoms with Crippen molar-refractivity contribution in [3.63, 3.8) is 0 Å². The zero-order chi connectivity index (χ0) is 38.6. The molecule has 0 fully saturated rings. The van der Waals surface area contributed by atoms with E-state index in [0.717, 1.165) is 49.7 Å². The van der Waals surface area contributed by atoms with Crippen molar-refractivity contribution in [1.82, 2.24) is 23.7 Å². The molecule has 0 aliphatic carbocycles. The van der Waals surface area contributed by atoms with Crippen LogP contribution in [0.25, 0.3) is 116 Å². The van der Waals surface area contributed by atoms with Gasteiger partial charge in [-0.1, -0.05) is 140 Å². The van der Waals surface area contributed by atoms with E-state index in [1.165, 1.54) is 60.1 Å². The topological polar surface area (TPSA) is 40.6 Å². The Morgan fingerprint density at radius 1 is 0.322 bits per heavy atom. The van der Waals surface area contributed by atoms with E-state index in [0.29, 0.717) is 5.95 Å². The number of hydrogen-bond acceptors (Lipinski definition) is 2. The summed E-state index contributed by atoms with van der Waals surface area (Å²) < 4.78 is 7.13. The highest BCUT2D eigenvalue weighted by atomic mass is 15.2. The molecule has 0 unspecified atom stereocenters. The molecule has 5 heteroatoms. The minimum Gasteiger partial charge on any atom is -0.309 e. The third kappa shape index (κ3) is 4.55. The molecule has 0 saturated heterocycles. The number of para-hydroxylation sites is 4. The molecule has 0 amide bonds. The largest absolute Gasteiger partial charge is 0.309 e. The molecule has 4 aromatic heterocycles. The van der Waals surface area contributed by atoms with Crippen molar-refractivity contribution in [3.8, 4) is 28.6 Å². The number of aromatic nitrogens is 5. The van der Waals surface area contributed by atoms with E-state index in [1.54, 1.807) is 0 Å². The van der Waals surface area contributed by atoms with Gasteiger partial charge in [-0.25, -0.2) is 9.97 Å². The lowest BCUT2D eigenvalue weighted by atomic mass is 10.1. The van der Waals surface area contributed by atoms with Crippen LogP contribution in [0.1, 0.15) is 0 Å². The Labute approximate surface area is 338 Å². The van der Waals surface area contributed by atoms with Gasteiger partial charge in [0.25, 0.3) is 0 Å². The smallest absolute Gasteiger partial charge is 0.235 e. The molecule has 0 aliphatic rings. The molecule has 0 bridgehead atoms. The number of rotatable bonds is 4. The molecule has 0 spiro atoms. The van der Waals surface area contributed by atoms with E-state index >= 15 is 0 Å². The SMILES string of the molecule is c1ccc(-c2nc(-n3c4ccccc4c4cc(-n5c6ccccc6c6c7c8ccccc8n(-c8cccc9ccccc89)c7ccc65)ccc43)nc3ccccc23)cc1. The predicted molar refractivity (Wildman–Crippen MR) is 245 cm³/mol. The molecule has 0 saturated carbocycles. The molecule has 4 heterocycles. The molecule has 0 N–H and O–H groups in total. The van der Waals surface area contributed by atoms with Crippen LogP contribution in [-0.2, 0) is 0 Å². The summed E-state index contributed by atoms with van der Waals surface area (Å²) in [5, 5.41) is 10.8. The zero-order valence-electron chi connectivity index (χ0n) is 31.8. The van der Waals surface area contributed by atoms with Crippen LogP contribution in [0.4, 0.5) is 0 Å². The minimum absolute atomic E-state index is 0.656. The van der Waals surface area contributed by atoms with Crippen LogP contribution in [0.3, 0.4) is 0 Å². The lowest BCUT2D eigenvalue weighted by Gasteiger charge is -2.12. The molecular formula is C54H33N5. The number of fused-ring (bicyclic) bond motifs is 12. The van der Waals surface area contributed by atoms with Crippen molar-refractivity contribution in [1.29, 1.82) is 0 Å². The molecule has 274 valence electrons. The van der Waals surface area contributed by atoms with Crippen molar-refractivity contribution in [3.05, 3.63) is 200 Å². The first-order chi connectivity index (χ1) is 29.3. The Kier molecular flexibility index (Phi) is 6.66. The number of benzene rings is 9. The maximum absolute atomic E-state index is 5.31. The Balaban J connectivity index is 1.08. The van der Waals surface area contributed by atoms with Crippen LogP contribution in [0.15, 0.2) is 200 Å². The Morgan fingerprint density at radius 3 is 1.63 bits per heavy atom. The van der Waals surface area contributed by atoms with E-state index in [-0.39, 0.29) is 0 Å². The van der Waals surface area contributed by atoms with Gasteiger partial charge < -0.3 is 9.13 Å². The first-order valence-corrected chi connectivity index (χ1v) is 20.1. The van der Waals surface area contributed by atoms with E-state index in [1.807, 2.05) is 12.1 Å². The molecule has 59 heavy (non-hydrogen) atoms. The van der Waals surface area contributed by atoms with Crippen LogP contribution in [0.5, 0.6) is 0 Å². The minimum atomic E-state index is 0.656. The second-order valence-electron chi connectivity index (χ2n) is 15.4. The highest BCUT2D eigenvalue weighted by Gasteiger charge is 2.23. The van der Waals surface area contributed by atoms with Gasteiger partial charge >= 0.3 is 0 Å². The van der Waals surface area contributed by atoms with E-state index in [9.17, 15) is 0 Å². The maximum Gasteiger partial charge on any atom is 0.235 e. The van der Waals surface area contributed by atoms with Crippen LogP contribution >= 0.6 is 0 Å². The quantitative estimate of drug-likeness (QED) is 0.180. The van der Waals surface area contributed by atoms with Gasteiger partial charge in [0.1, 0.15) is 0 Å². The summed E-state index contributed by atoms with van der Waals surface area (Å²) in [7, 11) is 0. The fraction of sp³-hybridized carbons (Fsp3) is 0. The summed E-state index contributed by atoms with van der Waals surface area (Å²) in [6.45, 7) is 0. The van der Waals surface area contributed by atoms with Gasteiger partial charge in [0.2, 0.25) is 5.95 Å². The Hall–Kier alpha value is -8.02. The predicted octanol–water partition coefficient (Wildman–Crippen LogP) is 13.7. The molecular weight excluding hydrogens is 719 g/mol. The summed E-state index contributed by atoms with van der Waals surface area (Å²) in [4.78, 5) is 10.5. The fourth-order valence-electron chi connectivity index (χ4n) is 9.76. The Bertz CT molecular complexity index is 3840. The number of nitrogens with zero attached hydrogens (tertiary/aromatic N) is 5. The highest BCUT2D eigenvalue weighted by Crippen LogP contribution is 2.44. The zero-order valence-corrected chi connectivity index (χ0v) is 31.8. The fourth-order valence-corrected chi connectivity index (χ4v) is 9.76. The summed E-state index contributed by atoms with van der Waals surface area (Å²) in [6.07, 6.45) is 0. The summed E-state index contributed by atoms with van der Waals surface area (Å²) in [5.74, 6) is 0.656. The average Bonchev–Trinajstić information content (AvgIpc) is 3.94. The van der Waals surface area contributed by atoms with Crippen molar-refractivity contribution in [2.75, 3.05) is 0 Å². The average molecular weight is 752 g/mol. The van der Waals surface area contributed by atoms with E-state index < -0.39 is 0 Å². The van der Waals surface area contributed by atoms with Gasteiger partial charge in [0, 0.05) is 54.3 Å². The lowest BCUT2D eigenvalue weighted by molar-refractivity contribution is 1.01. The molecule has 9 aromatic carbocycles. The van der Waals surface area contributed by atoms with Gasteiger partial charge in [-0.05, 0) is 66.0 Å². The first-order valence-electron chi connectivity index (χ1n) is 20.1. The molecule has 0 atom stereocenters. The summed E-state index contributed by atoms with van der Waals surface area (Å²) in [6, 6.07) is 71.8. The van der Waals surface area contributed by atoms with Crippen LogP contribution < -0.4 is 0 Å². The van der Waals surface area contributed by atoms with Gasteiger partial charge in [-0.3, -0.25) is 4.57 Å². The normalized spacial score (nSPS) is 12.1. The van der Waals surface area contributed by atoms with Crippen LogP contribution in [0, 0.1) is 0 Å². The monoisotopic (exact) mass is 751 g/mol. The summed E-state index contributed by atoms with van der Waals surface area (Å²) >= 11 is 0. The van der Waals surface area contributed by atoms with Gasteiger partial charge in [-0.2, -0.15) is 0 Å². The lowest BCUT2D eigenvalue weighted by Crippen LogP contribution is -2.03. The van der Waals surface area contributed by atoms with Crippen molar-refractivity contribution in [2.45, 2.75) is 0 Å². The molecule has 0 radical (unpaired) electrons. The van der Waals surface area contributed by atoms with Gasteiger partial charge in [0.15, 0.2) is 0 Å². The molecule has 5 nitrogen and oxygen atoms in total. The van der Waals surface area contributed by atoms with Crippen LogP contribution in [0.2, 0.25) is 0 Å². The third-order valence-corrected chi connectivity index (χ3v) is 12.2. The second-order valence-corrected chi connectivity index (χ2v) is 15.4. The molecule has 13 aromatic rings. The van der Waals surface area contributed by atoms with Crippen molar-refractivity contribution in [2.24, 2.45) is 0 Å². The first kappa shape index (κ1) is 32.1. The third-order valence-electron chi connectivity index (χ3n) is 12.2. The van der Waals surface area contributed by atoms with Crippen molar-refractivity contribution < 1.29 is 0 Å². The van der Waals surface area contributed by atoms with Gasteiger partial charge in [-0.15, -0.1) is 0 Å². The highest BCUT2D eigenvalue weighted by molar-refractivity contribution is 6.29. The molecule has 13 rings (SSSR count).